The van der Waals surface area contributed by atoms with Crippen LogP contribution in [0.15, 0.2) is 48.5 Å². The van der Waals surface area contributed by atoms with Gasteiger partial charge in [0, 0.05) is 36.5 Å². The molecule has 1 aliphatic heterocycles. The first-order chi connectivity index (χ1) is 13.1. The highest BCUT2D eigenvalue weighted by Crippen LogP contribution is 2.30. The predicted octanol–water partition coefficient (Wildman–Crippen LogP) is 4.31. The number of aromatic nitrogens is 1. The molecule has 138 valence electrons. The van der Waals surface area contributed by atoms with Crippen LogP contribution in [0.1, 0.15) is 26.5 Å². The van der Waals surface area contributed by atoms with Crippen LogP contribution in [-0.4, -0.2) is 27.4 Å². The second-order valence-corrected chi connectivity index (χ2v) is 7.95. The maximum Gasteiger partial charge on any atom is 0.257 e. The number of carbonyl (C=O) groups is 1. The van der Waals surface area contributed by atoms with Gasteiger partial charge >= 0.3 is 0 Å². The van der Waals surface area contributed by atoms with Crippen LogP contribution in [0.3, 0.4) is 0 Å². The number of fused-ring (bicyclic) bond motifs is 1. The van der Waals surface area contributed by atoms with Crippen molar-refractivity contribution in [2.45, 2.75) is 19.5 Å². The van der Waals surface area contributed by atoms with Gasteiger partial charge in [-0.1, -0.05) is 41.9 Å². The number of nitrogens with one attached hydrogen (secondary N) is 1. The molecule has 2 heterocycles. The smallest absolute Gasteiger partial charge is 0.257 e. The maximum absolute atomic E-state index is 12.4. The summed E-state index contributed by atoms with van der Waals surface area (Å²) in [6.07, 6.45) is 0.875. The molecule has 27 heavy (non-hydrogen) atoms. The van der Waals surface area contributed by atoms with Crippen molar-refractivity contribution >= 4 is 34.0 Å². The van der Waals surface area contributed by atoms with Crippen molar-refractivity contribution in [1.82, 2.24) is 9.88 Å². The number of anilines is 1. The molecular weight excluding hydrogens is 382 g/mol. The Morgan fingerprint density at radius 2 is 2.07 bits per heavy atom. The summed E-state index contributed by atoms with van der Waals surface area (Å²) < 4.78 is 0. The third-order valence-corrected chi connectivity index (χ3v) is 5.79. The SMILES string of the molecule is O=C(Nc1nc2c(s1)CN(Cc1ccccc1)CC2)c1ccc(O)c(Cl)c1. The van der Waals surface area contributed by atoms with E-state index in [1.807, 2.05) is 6.07 Å². The monoisotopic (exact) mass is 399 g/mol. The first-order valence-electron chi connectivity index (χ1n) is 8.63. The third-order valence-electron chi connectivity index (χ3n) is 4.49. The molecule has 4 rings (SSSR count). The zero-order valence-electron chi connectivity index (χ0n) is 14.5. The largest absolute Gasteiger partial charge is 0.506 e. The molecule has 1 aliphatic rings. The number of rotatable bonds is 4. The number of amides is 1. The molecule has 0 unspecified atom stereocenters. The minimum Gasteiger partial charge on any atom is -0.506 e. The third kappa shape index (κ3) is 4.13. The van der Waals surface area contributed by atoms with Gasteiger partial charge in [0.15, 0.2) is 5.13 Å². The predicted molar refractivity (Wildman–Crippen MR) is 107 cm³/mol. The molecule has 0 spiro atoms. The summed E-state index contributed by atoms with van der Waals surface area (Å²) in [5.41, 5.74) is 2.74. The van der Waals surface area contributed by atoms with Crippen LogP contribution in [0.25, 0.3) is 0 Å². The fourth-order valence-corrected chi connectivity index (χ4v) is 4.32. The van der Waals surface area contributed by atoms with E-state index in [1.165, 1.54) is 40.0 Å². The summed E-state index contributed by atoms with van der Waals surface area (Å²) in [5, 5.41) is 13.1. The lowest BCUT2D eigenvalue weighted by Gasteiger charge is -2.25. The van der Waals surface area contributed by atoms with Gasteiger partial charge in [0.25, 0.3) is 5.91 Å². The number of phenols is 1. The topological polar surface area (TPSA) is 65.5 Å². The average Bonchev–Trinajstić information content (AvgIpc) is 3.06. The number of aromatic hydroxyl groups is 1. The molecule has 3 aromatic rings. The van der Waals surface area contributed by atoms with Crippen LogP contribution in [0.5, 0.6) is 5.75 Å². The second-order valence-electron chi connectivity index (χ2n) is 6.46. The van der Waals surface area contributed by atoms with Gasteiger partial charge in [0.2, 0.25) is 0 Å². The first kappa shape index (κ1) is 18.0. The van der Waals surface area contributed by atoms with Crippen molar-refractivity contribution in [3.05, 3.63) is 75.3 Å². The summed E-state index contributed by atoms with van der Waals surface area (Å²) in [7, 11) is 0. The summed E-state index contributed by atoms with van der Waals surface area (Å²) in [6.45, 7) is 2.70. The number of hydrogen-bond donors (Lipinski definition) is 2. The van der Waals surface area contributed by atoms with Crippen LogP contribution in [0.4, 0.5) is 5.13 Å². The Morgan fingerprint density at radius 1 is 1.26 bits per heavy atom. The van der Waals surface area contributed by atoms with E-state index < -0.39 is 0 Å². The zero-order valence-corrected chi connectivity index (χ0v) is 16.1. The standard InChI is InChI=1S/C20H18ClN3O2S/c21-15-10-14(6-7-17(15)25)19(26)23-20-22-16-8-9-24(12-18(16)27-20)11-13-4-2-1-3-5-13/h1-7,10,25H,8-9,11-12H2,(H,22,23,26). The van der Waals surface area contributed by atoms with E-state index >= 15 is 0 Å². The lowest BCUT2D eigenvalue weighted by Crippen LogP contribution is -2.29. The van der Waals surface area contributed by atoms with Gasteiger partial charge in [0.05, 0.1) is 10.7 Å². The molecule has 2 aromatic carbocycles. The van der Waals surface area contributed by atoms with Crippen molar-refractivity contribution in [3.8, 4) is 5.75 Å². The van der Waals surface area contributed by atoms with Gasteiger partial charge in [-0.25, -0.2) is 4.98 Å². The minimum absolute atomic E-state index is 0.0450. The van der Waals surface area contributed by atoms with Crippen molar-refractivity contribution in [2.24, 2.45) is 0 Å². The lowest BCUT2D eigenvalue weighted by atomic mass is 10.1. The van der Waals surface area contributed by atoms with Gasteiger partial charge in [-0.3, -0.25) is 15.0 Å². The molecule has 0 atom stereocenters. The molecule has 7 heteroatoms. The zero-order chi connectivity index (χ0) is 18.8. The Kier molecular flexibility index (Phi) is 5.11. The lowest BCUT2D eigenvalue weighted by molar-refractivity contribution is 0.102. The summed E-state index contributed by atoms with van der Waals surface area (Å²) >= 11 is 7.39. The maximum atomic E-state index is 12.4. The molecule has 0 bridgehead atoms. The second kappa shape index (κ2) is 7.68. The Balaban J connectivity index is 1.43. The molecule has 0 aliphatic carbocycles. The molecule has 5 nitrogen and oxygen atoms in total. The number of benzene rings is 2. The van der Waals surface area contributed by atoms with Gasteiger partial charge in [-0.15, -0.1) is 11.3 Å². The van der Waals surface area contributed by atoms with Crippen molar-refractivity contribution in [3.63, 3.8) is 0 Å². The van der Waals surface area contributed by atoms with Crippen LogP contribution >= 0.6 is 22.9 Å². The van der Waals surface area contributed by atoms with E-state index in [0.717, 1.165) is 31.7 Å². The van der Waals surface area contributed by atoms with E-state index in [2.05, 4.69) is 39.5 Å². The first-order valence-corrected chi connectivity index (χ1v) is 9.82. The highest BCUT2D eigenvalue weighted by Gasteiger charge is 2.21. The van der Waals surface area contributed by atoms with E-state index in [-0.39, 0.29) is 16.7 Å². The quantitative estimate of drug-likeness (QED) is 0.686. The number of nitrogens with zero attached hydrogens (tertiary/aromatic N) is 2. The van der Waals surface area contributed by atoms with Gasteiger partial charge < -0.3 is 5.11 Å². The number of hydrogen-bond acceptors (Lipinski definition) is 5. The van der Waals surface area contributed by atoms with Crippen molar-refractivity contribution < 1.29 is 9.90 Å². The number of carbonyl (C=O) groups excluding carboxylic acids is 1. The van der Waals surface area contributed by atoms with E-state index in [0.29, 0.717) is 10.7 Å². The van der Waals surface area contributed by atoms with Crippen LogP contribution in [0.2, 0.25) is 5.02 Å². The minimum atomic E-state index is -0.288. The van der Waals surface area contributed by atoms with Crippen molar-refractivity contribution in [1.29, 1.82) is 0 Å². The molecular formula is C20H18ClN3O2S. The average molecular weight is 400 g/mol. The Labute approximate surface area is 166 Å². The number of halogens is 1. The molecule has 1 amide bonds. The number of phenolic OH excluding ortho intramolecular Hbond substituents is 1. The number of thiazole rings is 1. The fraction of sp³-hybridized carbons (Fsp3) is 0.200. The molecule has 2 N–H and O–H groups in total. The van der Waals surface area contributed by atoms with E-state index in [1.54, 1.807) is 0 Å². The molecule has 0 radical (unpaired) electrons. The molecule has 0 saturated carbocycles. The Bertz CT molecular complexity index is 975. The highest BCUT2D eigenvalue weighted by molar-refractivity contribution is 7.15. The summed E-state index contributed by atoms with van der Waals surface area (Å²) in [4.78, 5) is 20.6. The van der Waals surface area contributed by atoms with Gasteiger partial charge in [0.1, 0.15) is 5.75 Å². The fourth-order valence-electron chi connectivity index (χ4n) is 3.10. The molecule has 1 aromatic heterocycles. The summed E-state index contributed by atoms with van der Waals surface area (Å²) in [6, 6.07) is 14.8. The van der Waals surface area contributed by atoms with Crippen LogP contribution in [-0.2, 0) is 19.5 Å². The van der Waals surface area contributed by atoms with Crippen LogP contribution < -0.4 is 5.32 Å². The molecule has 0 saturated heterocycles. The van der Waals surface area contributed by atoms with Crippen LogP contribution in [0, 0.1) is 0 Å². The van der Waals surface area contributed by atoms with E-state index in [9.17, 15) is 9.90 Å². The molecule has 0 fully saturated rings. The highest BCUT2D eigenvalue weighted by atomic mass is 35.5. The van der Waals surface area contributed by atoms with Crippen molar-refractivity contribution in [2.75, 3.05) is 11.9 Å². The van der Waals surface area contributed by atoms with E-state index in [4.69, 9.17) is 11.6 Å². The Morgan fingerprint density at radius 3 is 2.85 bits per heavy atom. The summed E-state index contributed by atoms with van der Waals surface area (Å²) in [5.74, 6) is -0.333. The Hall–Kier alpha value is -2.41. The van der Waals surface area contributed by atoms with Gasteiger partial charge in [-0.2, -0.15) is 0 Å². The van der Waals surface area contributed by atoms with Gasteiger partial charge in [-0.05, 0) is 23.8 Å². The normalized spacial score (nSPS) is 14.0.